The van der Waals surface area contributed by atoms with E-state index in [2.05, 4.69) is 15.6 Å². The van der Waals surface area contributed by atoms with Crippen LogP contribution in [0, 0.1) is 5.82 Å². The van der Waals surface area contributed by atoms with E-state index in [0.717, 1.165) is 5.75 Å². The fourth-order valence-corrected chi connectivity index (χ4v) is 3.69. The molecule has 26 heavy (non-hydrogen) atoms. The third kappa shape index (κ3) is 3.52. The van der Waals surface area contributed by atoms with E-state index in [1.165, 1.54) is 17.2 Å². The van der Waals surface area contributed by atoms with Gasteiger partial charge in [0, 0.05) is 30.3 Å². The van der Waals surface area contributed by atoms with Crippen molar-refractivity contribution < 1.29 is 18.5 Å². The number of hydrogen-bond acceptors (Lipinski definition) is 7. The highest BCUT2D eigenvalue weighted by molar-refractivity contribution is 8.00. The molecule has 1 atom stereocenters. The second kappa shape index (κ2) is 7.36. The fourth-order valence-electron chi connectivity index (χ4n) is 2.91. The Kier molecular flexibility index (Phi) is 4.79. The van der Waals surface area contributed by atoms with Crippen molar-refractivity contribution in [2.24, 2.45) is 5.16 Å². The van der Waals surface area contributed by atoms with Crippen molar-refractivity contribution in [1.29, 1.82) is 0 Å². The molecule has 0 aliphatic carbocycles. The van der Waals surface area contributed by atoms with Crippen LogP contribution in [-0.2, 0) is 9.63 Å². The van der Waals surface area contributed by atoms with Gasteiger partial charge in [-0.15, -0.1) is 0 Å². The van der Waals surface area contributed by atoms with Gasteiger partial charge < -0.3 is 19.6 Å². The zero-order chi connectivity index (χ0) is 17.9. The van der Waals surface area contributed by atoms with Gasteiger partial charge in [-0.2, -0.15) is 11.8 Å². The molecule has 1 aromatic carbocycles. The van der Waals surface area contributed by atoms with Crippen molar-refractivity contribution in [2.75, 3.05) is 34.8 Å². The molecule has 1 amide bonds. The molecule has 1 aromatic heterocycles. The summed E-state index contributed by atoms with van der Waals surface area (Å²) in [6.45, 7) is 1.04. The van der Waals surface area contributed by atoms with Gasteiger partial charge in [0.2, 0.25) is 5.91 Å². The lowest BCUT2D eigenvalue weighted by atomic mass is 10.0. The largest absolute Gasteiger partial charge is 0.390 e. The maximum absolute atomic E-state index is 14.6. The summed E-state index contributed by atoms with van der Waals surface area (Å²) in [6, 6.07) is 6.55. The number of benzene rings is 1. The number of nitrogens with zero attached hydrogens (tertiary/aromatic N) is 3. The van der Waals surface area contributed by atoms with Crippen LogP contribution in [0.15, 0.2) is 40.2 Å². The number of rotatable bonds is 5. The SMILES string of the molecule is O=C1CSCCN1c1ccc(C2=NOC(CNc3ccon3)C2)cc1F. The third-order valence-electron chi connectivity index (χ3n) is 4.24. The van der Waals surface area contributed by atoms with Crippen LogP contribution < -0.4 is 10.2 Å². The number of carbonyl (C=O) groups is 1. The lowest BCUT2D eigenvalue weighted by Gasteiger charge is -2.26. The molecule has 0 saturated carbocycles. The molecule has 7 nitrogen and oxygen atoms in total. The summed E-state index contributed by atoms with van der Waals surface area (Å²) in [7, 11) is 0. The lowest BCUT2D eigenvalue weighted by Crippen LogP contribution is -2.38. The van der Waals surface area contributed by atoms with E-state index >= 15 is 0 Å². The van der Waals surface area contributed by atoms with Gasteiger partial charge >= 0.3 is 0 Å². The summed E-state index contributed by atoms with van der Waals surface area (Å²) in [4.78, 5) is 18.9. The van der Waals surface area contributed by atoms with Crippen molar-refractivity contribution >= 4 is 34.9 Å². The van der Waals surface area contributed by atoms with Gasteiger partial charge in [-0.25, -0.2) is 4.39 Å². The van der Waals surface area contributed by atoms with Gasteiger partial charge in [-0.05, 0) is 12.1 Å². The van der Waals surface area contributed by atoms with Gasteiger partial charge in [0.05, 0.1) is 23.7 Å². The predicted molar refractivity (Wildman–Crippen MR) is 97.1 cm³/mol. The van der Waals surface area contributed by atoms with Gasteiger partial charge in [0.1, 0.15) is 18.2 Å². The molecule has 4 rings (SSSR count). The molecule has 2 aliphatic rings. The molecule has 0 bridgehead atoms. The van der Waals surface area contributed by atoms with Crippen LogP contribution >= 0.6 is 11.8 Å². The minimum absolute atomic E-state index is 0.0616. The summed E-state index contributed by atoms with van der Waals surface area (Å²) >= 11 is 1.57. The number of hydrogen-bond donors (Lipinski definition) is 1. The van der Waals surface area contributed by atoms with Crippen LogP contribution in [0.3, 0.4) is 0 Å². The summed E-state index contributed by atoms with van der Waals surface area (Å²) in [5.41, 5.74) is 1.67. The minimum Gasteiger partial charge on any atom is -0.390 e. The van der Waals surface area contributed by atoms with E-state index in [1.807, 2.05) is 0 Å². The first-order chi connectivity index (χ1) is 12.7. The molecule has 1 unspecified atom stereocenters. The third-order valence-corrected chi connectivity index (χ3v) is 5.16. The van der Waals surface area contributed by atoms with E-state index in [4.69, 9.17) is 9.36 Å². The molecule has 9 heteroatoms. The normalized spacial score (nSPS) is 20.0. The molecular formula is C17H17FN4O3S. The Hall–Kier alpha value is -2.55. The van der Waals surface area contributed by atoms with Crippen LogP contribution in [0.25, 0.3) is 0 Å². The number of thioether (sulfide) groups is 1. The van der Waals surface area contributed by atoms with E-state index in [0.29, 0.717) is 48.0 Å². The van der Waals surface area contributed by atoms with Crippen molar-refractivity contribution in [3.63, 3.8) is 0 Å². The van der Waals surface area contributed by atoms with Gasteiger partial charge in [-0.3, -0.25) is 4.79 Å². The minimum atomic E-state index is -0.422. The number of amides is 1. The van der Waals surface area contributed by atoms with Crippen molar-refractivity contribution in [1.82, 2.24) is 5.16 Å². The molecule has 1 saturated heterocycles. The highest BCUT2D eigenvalue weighted by atomic mass is 32.2. The smallest absolute Gasteiger partial charge is 0.237 e. The summed E-state index contributed by atoms with van der Waals surface area (Å²) in [6.07, 6.45) is 1.88. The molecular weight excluding hydrogens is 359 g/mol. The molecule has 3 heterocycles. The van der Waals surface area contributed by atoms with Crippen molar-refractivity contribution in [2.45, 2.75) is 12.5 Å². The predicted octanol–water partition coefficient (Wildman–Crippen LogP) is 2.50. The molecule has 2 aromatic rings. The first kappa shape index (κ1) is 16.9. The van der Waals surface area contributed by atoms with Crippen LogP contribution in [0.2, 0.25) is 0 Å². The Bertz CT molecular complexity index is 827. The van der Waals surface area contributed by atoms with Crippen LogP contribution in [0.1, 0.15) is 12.0 Å². The number of carbonyl (C=O) groups excluding carboxylic acids is 1. The molecule has 0 spiro atoms. The molecule has 1 N–H and O–H groups in total. The number of halogens is 1. The zero-order valence-corrected chi connectivity index (χ0v) is 14.7. The lowest BCUT2D eigenvalue weighted by molar-refractivity contribution is -0.116. The average Bonchev–Trinajstić information content (AvgIpc) is 3.32. The van der Waals surface area contributed by atoms with Crippen molar-refractivity contribution in [3.05, 3.63) is 41.9 Å². The van der Waals surface area contributed by atoms with Crippen molar-refractivity contribution in [3.8, 4) is 0 Å². The topological polar surface area (TPSA) is 80.0 Å². The Morgan fingerprint density at radius 2 is 2.31 bits per heavy atom. The number of oxime groups is 1. The molecule has 2 aliphatic heterocycles. The summed E-state index contributed by atoms with van der Waals surface area (Å²) in [5, 5.41) is 10.9. The monoisotopic (exact) mass is 376 g/mol. The van der Waals surface area contributed by atoms with Crippen LogP contribution in [0.4, 0.5) is 15.9 Å². The van der Waals surface area contributed by atoms with Gasteiger partial charge in [0.15, 0.2) is 5.82 Å². The number of anilines is 2. The molecule has 1 fully saturated rings. The first-order valence-corrected chi connectivity index (χ1v) is 9.41. The molecule has 136 valence electrons. The fraction of sp³-hybridized carbons (Fsp3) is 0.353. The van der Waals surface area contributed by atoms with Gasteiger partial charge in [0.25, 0.3) is 0 Å². The maximum atomic E-state index is 14.6. The standard InChI is InChI=1S/C17H17FN4O3S/c18-13-7-11(1-2-15(13)22-4-6-26-10-17(22)23)14-8-12(25-20-14)9-19-16-3-5-24-21-16/h1-3,5,7,12H,4,6,8-10H2,(H,19,21). The Morgan fingerprint density at radius 1 is 1.38 bits per heavy atom. The summed E-state index contributed by atoms with van der Waals surface area (Å²) in [5.74, 6) is 1.35. The Morgan fingerprint density at radius 3 is 3.08 bits per heavy atom. The van der Waals surface area contributed by atoms with Gasteiger partial charge in [-0.1, -0.05) is 16.4 Å². The quantitative estimate of drug-likeness (QED) is 0.864. The average molecular weight is 376 g/mol. The van der Waals surface area contributed by atoms with Crippen LogP contribution in [0.5, 0.6) is 0 Å². The van der Waals surface area contributed by atoms with E-state index < -0.39 is 5.82 Å². The molecule has 0 radical (unpaired) electrons. The maximum Gasteiger partial charge on any atom is 0.237 e. The zero-order valence-electron chi connectivity index (χ0n) is 13.9. The highest BCUT2D eigenvalue weighted by Gasteiger charge is 2.26. The van der Waals surface area contributed by atoms with E-state index in [9.17, 15) is 9.18 Å². The number of aromatic nitrogens is 1. The Labute approximate surface area is 153 Å². The highest BCUT2D eigenvalue weighted by Crippen LogP contribution is 2.26. The second-order valence-electron chi connectivity index (χ2n) is 6.00. The van der Waals surface area contributed by atoms with E-state index in [-0.39, 0.29) is 12.0 Å². The first-order valence-electron chi connectivity index (χ1n) is 8.25. The second-order valence-corrected chi connectivity index (χ2v) is 7.10. The van der Waals surface area contributed by atoms with E-state index in [1.54, 1.807) is 30.0 Å². The number of nitrogens with one attached hydrogen (secondary N) is 1. The summed E-state index contributed by atoms with van der Waals surface area (Å²) < 4.78 is 19.3. The van der Waals surface area contributed by atoms with Crippen LogP contribution in [-0.4, -0.2) is 47.5 Å². The Balaban J connectivity index is 1.40.